The lowest BCUT2D eigenvalue weighted by Crippen LogP contribution is -1.96. The predicted molar refractivity (Wildman–Crippen MR) is 68.2 cm³/mol. The molecule has 0 bridgehead atoms. The Balaban J connectivity index is 2.05. The Hall–Kier alpha value is -2.02. The van der Waals surface area contributed by atoms with Gasteiger partial charge in [-0.15, -0.1) is 0 Å². The van der Waals surface area contributed by atoms with Crippen LogP contribution in [0, 0.1) is 0 Å². The van der Waals surface area contributed by atoms with Gasteiger partial charge in [0.2, 0.25) is 0 Å². The molecule has 1 heteroatoms. The van der Waals surface area contributed by atoms with Crippen LogP contribution in [0.2, 0.25) is 0 Å². The van der Waals surface area contributed by atoms with Gasteiger partial charge in [0.1, 0.15) is 0 Å². The van der Waals surface area contributed by atoms with E-state index in [1.807, 2.05) is 12.1 Å². The summed E-state index contributed by atoms with van der Waals surface area (Å²) in [5, 5.41) is 0. The van der Waals surface area contributed by atoms with Gasteiger partial charge >= 0.3 is 0 Å². The maximum Gasteiger partial charge on any atom is 0.0314 e. The highest BCUT2D eigenvalue weighted by Gasteiger charge is 2.17. The summed E-state index contributed by atoms with van der Waals surface area (Å²) >= 11 is 0. The van der Waals surface area contributed by atoms with Crippen LogP contribution >= 0.6 is 0 Å². The zero-order valence-corrected chi connectivity index (χ0v) is 8.93. The van der Waals surface area contributed by atoms with Crippen molar-refractivity contribution in [3.63, 3.8) is 0 Å². The summed E-state index contributed by atoms with van der Waals surface area (Å²) in [7, 11) is 0. The summed E-state index contributed by atoms with van der Waals surface area (Å²) < 4.78 is 0. The van der Waals surface area contributed by atoms with Crippen molar-refractivity contribution in [2.24, 2.45) is 0 Å². The number of nitrogen functional groups attached to an aromatic ring is 1. The Labute approximate surface area is 95.2 Å². The van der Waals surface area contributed by atoms with Gasteiger partial charge < -0.3 is 5.73 Å². The molecule has 0 fully saturated rings. The lowest BCUT2D eigenvalue weighted by Gasteiger charge is -2.11. The van der Waals surface area contributed by atoms with E-state index in [4.69, 9.17) is 5.73 Å². The van der Waals surface area contributed by atoms with Crippen LogP contribution in [0.5, 0.6) is 0 Å². The van der Waals surface area contributed by atoms with Crippen molar-refractivity contribution < 1.29 is 0 Å². The van der Waals surface area contributed by atoms with Crippen LogP contribution in [0.1, 0.15) is 22.6 Å². The van der Waals surface area contributed by atoms with E-state index in [9.17, 15) is 0 Å². The Morgan fingerprint density at radius 3 is 2.44 bits per heavy atom. The van der Waals surface area contributed by atoms with E-state index in [1.165, 1.54) is 16.7 Å². The molecule has 2 aromatic carbocycles. The van der Waals surface area contributed by atoms with E-state index < -0.39 is 0 Å². The minimum absolute atomic E-state index is 0.386. The summed E-state index contributed by atoms with van der Waals surface area (Å²) in [5.74, 6) is 0.386. The molecular weight excluding hydrogens is 194 g/mol. The number of allylic oxidation sites excluding steroid dienone is 1. The summed E-state index contributed by atoms with van der Waals surface area (Å²) in [4.78, 5) is 0. The van der Waals surface area contributed by atoms with Crippen molar-refractivity contribution in [1.29, 1.82) is 0 Å². The van der Waals surface area contributed by atoms with Crippen LogP contribution < -0.4 is 5.73 Å². The maximum absolute atomic E-state index is 5.70. The largest absolute Gasteiger partial charge is 0.399 e. The zero-order valence-electron chi connectivity index (χ0n) is 8.93. The van der Waals surface area contributed by atoms with Gasteiger partial charge in [0, 0.05) is 11.6 Å². The maximum atomic E-state index is 5.70. The number of anilines is 1. The first kappa shape index (κ1) is 9.22. The average molecular weight is 207 g/mol. The number of rotatable bonds is 1. The highest BCUT2D eigenvalue weighted by atomic mass is 14.5. The van der Waals surface area contributed by atoms with Crippen LogP contribution in [0.4, 0.5) is 5.69 Å². The molecule has 0 radical (unpaired) electrons. The van der Waals surface area contributed by atoms with Gasteiger partial charge in [-0.2, -0.15) is 0 Å². The number of fused-ring (bicyclic) bond motifs is 1. The van der Waals surface area contributed by atoms with Crippen LogP contribution in [-0.4, -0.2) is 0 Å². The first-order valence-corrected chi connectivity index (χ1v) is 5.47. The molecule has 0 amide bonds. The highest BCUT2D eigenvalue weighted by molar-refractivity contribution is 5.65. The van der Waals surface area contributed by atoms with E-state index in [0.29, 0.717) is 5.92 Å². The quantitative estimate of drug-likeness (QED) is 0.712. The first-order chi connectivity index (χ1) is 7.84. The van der Waals surface area contributed by atoms with Crippen molar-refractivity contribution in [3.05, 3.63) is 71.3 Å². The van der Waals surface area contributed by atoms with Crippen molar-refractivity contribution >= 4 is 11.8 Å². The van der Waals surface area contributed by atoms with Crippen molar-refractivity contribution in [1.82, 2.24) is 0 Å². The number of nitrogens with two attached hydrogens (primary N) is 1. The lowest BCUT2D eigenvalue weighted by molar-refractivity contribution is 1.05. The van der Waals surface area contributed by atoms with Gasteiger partial charge in [0.25, 0.3) is 0 Å². The SMILES string of the molecule is Nc1ccc(C2C=Cc3ccccc32)cc1. The Morgan fingerprint density at radius 2 is 1.62 bits per heavy atom. The average Bonchev–Trinajstić information content (AvgIpc) is 2.74. The zero-order chi connectivity index (χ0) is 11.0. The summed E-state index contributed by atoms with van der Waals surface area (Å²) in [5.41, 5.74) is 10.5. The van der Waals surface area contributed by atoms with Crippen LogP contribution in [0.15, 0.2) is 54.6 Å². The third-order valence-corrected chi connectivity index (χ3v) is 3.09. The molecule has 1 nitrogen and oxygen atoms in total. The molecule has 2 aromatic rings. The molecule has 0 aliphatic heterocycles. The molecule has 1 aliphatic rings. The van der Waals surface area contributed by atoms with Gasteiger partial charge in [-0.25, -0.2) is 0 Å². The minimum Gasteiger partial charge on any atom is -0.399 e. The number of benzene rings is 2. The second-order valence-corrected chi connectivity index (χ2v) is 4.13. The Morgan fingerprint density at radius 1 is 0.875 bits per heavy atom. The molecule has 0 aromatic heterocycles. The molecule has 0 heterocycles. The van der Waals surface area contributed by atoms with Crippen LogP contribution in [0.3, 0.4) is 0 Å². The van der Waals surface area contributed by atoms with Gasteiger partial charge in [-0.05, 0) is 28.8 Å². The smallest absolute Gasteiger partial charge is 0.0314 e. The lowest BCUT2D eigenvalue weighted by atomic mass is 9.93. The number of hydrogen-bond donors (Lipinski definition) is 1. The molecule has 1 aliphatic carbocycles. The van der Waals surface area contributed by atoms with Crippen LogP contribution in [-0.2, 0) is 0 Å². The van der Waals surface area contributed by atoms with Crippen molar-refractivity contribution in [2.45, 2.75) is 5.92 Å². The Kier molecular flexibility index (Phi) is 2.03. The van der Waals surface area contributed by atoms with Crippen molar-refractivity contribution in [2.75, 3.05) is 5.73 Å². The molecule has 78 valence electrons. The highest BCUT2D eigenvalue weighted by Crippen LogP contribution is 2.35. The van der Waals surface area contributed by atoms with E-state index >= 15 is 0 Å². The second-order valence-electron chi connectivity index (χ2n) is 4.13. The Bertz CT molecular complexity index is 538. The fourth-order valence-electron chi connectivity index (χ4n) is 2.24. The van der Waals surface area contributed by atoms with Crippen LogP contribution in [0.25, 0.3) is 6.08 Å². The molecule has 16 heavy (non-hydrogen) atoms. The molecule has 0 saturated carbocycles. The monoisotopic (exact) mass is 207 g/mol. The topological polar surface area (TPSA) is 26.0 Å². The summed E-state index contributed by atoms with van der Waals surface area (Å²) in [6, 6.07) is 16.7. The van der Waals surface area contributed by atoms with Gasteiger partial charge in [0.15, 0.2) is 0 Å². The summed E-state index contributed by atoms with van der Waals surface area (Å²) in [6.07, 6.45) is 4.44. The third-order valence-electron chi connectivity index (χ3n) is 3.09. The van der Waals surface area contributed by atoms with Crippen molar-refractivity contribution in [3.8, 4) is 0 Å². The number of hydrogen-bond acceptors (Lipinski definition) is 1. The van der Waals surface area contributed by atoms with E-state index in [0.717, 1.165) is 5.69 Å². The normalized spacial score (nSPS) is 17.4. The van der Waals surface area contributed by atoms with E-state index in [-0.39, 0.29) is 0 Å². The summed E-state index contributed by atoms with van der Waals surface area (Å²) in [6.45, 7) is 0. The first-order valence-electron chi connectivity index (χ1n) is 5.47. The molecule has 2 N–H and O–H groups in total. The third kappa shape index (κ3) is 1.41. The molecule has 0 saturated heterocycles. The van der Waals surface area contributed by atoms with Gasteiger partial charge in [0.05, 0.1) is 0 Å². The van der Waals surface area contributed by atoms with Gasteiger partial charge in [-0.1, -0.05) is 48.6 Å². The predicted octanol–water partition coefficient (Wildman–Crippen LogP) is 3.43. The molecule has 3 rings (SSSR count). The molecule has 1 atom stereocenters. The fraction of sp³-hybridized carbons (Fsp3) is 0.0667. The van der Waals surface area contributed by atoms with E-state index in [1.54, 1.807) is 0 Å². The fourth-order valence-corrected chi connectivity index (χ4v) is 2.24. The minimum atomic E-state index is 0.386. The van der Waals surface area contributed by atoms with E-state index in [2.05, 4.69) is 48.6 Å². The second kappa shape index (κ2) is 3.53. The standard InChI is InChI=1S/C15H13N/c16-13-8-5-12(6-9-13)15-10-7-11-3-1-2-4-14(11)15/h1-10,15H,16H2. The van der Waals surface area contributed by atoms with Gasteiger partial charge in [-0.3, -0.25) is 0 Å². The molecule has 1 unspecified atom stereocenters. The molecule has 0 spiro atoms. The molecular formula is C15H13N.